The van der Waals surface area contributed by atoms with Crippen LogP contribution in [0.1, 0.15) is 0 Å². The van der Waals surface area contributed by atoms with Crippen molar-refractivity contribution in [2.75, 3.05) is 0 Å². The molecule has 0 aromatic heterocycles. The summed E-state index contributed by atoms with van der Waals surface area (Å²) >= 11 is 0. The van der Waals surface area contributed by atoms with Crippen LogP contribution in [0.3, 0.4) is 0 Å². The van der Waals surface area contributed by atoms with Gasteiger partial charge in [0.15, 0.2) is 0 Å². The van der Waals surface area contributed by atoms with Crippen molar-refractivity contribution in [2.45, 2.75) is 12.1 Å². The Balaban J connectivity index is 2.65. The third kappa shape index (κ3) is 1.03. The SMILES string of the molecule is C=C[C@@H]1NC(=O)O[C@H]1C=C. The quantitative estimate of drug-likeness (QED) is 0.575. The van der Waals surface area contributed by atoms with Crippen LogP contribution < -0.4 is 5.32 Å². The van der Waals surface area contributed by atoms with Crippen LogP contribution >= 0.6 is 0 Å². The molecule has 54 valence electrons. The van der Waals surface area contributed by atoms with Crippen molar-refractivity contribution in [1.82, 2.24) is 5.32 Å². The third-order valence-electron chi connectivity index (χ3n) is 1.37. The summed E-state index contributed by atoms with van der Waals surface area (Å²) in [4.78, 5) is 10.6. The van der Waals surface area contributed by atoms with E-state index in [2.05, 4.69) is 18.5 Å². The van der Waals surface area contributed by atoms with Crippen LogP contribution in [0, 0.1) is 0 Å². The highest BCUT2D eigenvalue weighted by molar-refractivity contribution is 5.71. The number of carbonyl (C=O) groups excluding carboxylic acids is 1. The summed E-state index contributed by atoms with van der Waals surface area (Å²) in [5.41, 5.74) is 0. The zero-order valence-electron chi connectivity index (χ0n) is 5.54. The Bertz CT molecular complexity index is 158. The van der Waals surface area contributed by atoms with Gasteiger partial charge in [-0.2, -0.15) is 0 Å². The number of amides is 1. The molecule has 1 rings (SSSR count). The van der Waals surface area contributed by atoms with Gasteiger partial charge in [-0.15, -0.1) is 6.58 Å². The van der Waals surface area contributed by atoms with Gasteiger partial charge in [0.2, 0.25) is 0 Å². The zero-order chi connectivity index (χ0) is 7.56. The number of hydrogen-bond acceptors (Lipinski definition) is 2. The highest BCUT2D eigenvalue weighted by Crippen LogP contribution is 2.09. The van der Waals surface area contributed by atoms with Crippen molar-refractivity contribution >= 4 is 6.09 Å². The highest BCUT2D eigenvalue weighted by atomic mass is 16.6. The predicted octanol–water partition coefficient (Wildman–Crippen LogP) is 0.835. The Morgan fingerprint density at radius 1 is 1.50 bits per heavy atom. The number of cyclic esters (lactones) is 1. The molecule has 0 bridgehead atoms. The summed E-state index contributed by atoms with van der Waals surface area (Å²) in [5.74, 6) is 0. The molecule has 0 aromatic rings. The van der Waals surface area contributed by atoms with Crippen molar-refractivity contribution in [3.05, 3.63) is 25.3 Å². The lowest BCUT2D eigenvalue weighted by atomic mass is 10.2. The molecule has 1 N–H and O–H groups in total. The molecule has 1 saturated heterocycles. The van der Waals surface area contributed by atoms with Crippen molar-refractivity contribution in [3.8, 4) is 0 Å². The van der Waals surface area contributed by atoms with E-state index in [0.29, 0.717) is 0 Å². The summed E-state index contributed by atoms with van der Waals surface area (Å²) in [6.45, 7) is 7.04. The van der Waals surface area contributed by atoms with Crippen molar-refractivity contribution in [2.24, 2.45) is 0 Å². The molecular weight excluding hydrogens is 130 g/mol. The fourth-order valence-corrected chi connectivity index (χ4v) is 0.837. The average Bonchev–Trinajstić information content (AvgIpc) is 2.30. The molecule has 2 atom stereocenters. The first-order valence-electron chi connectivity index (χ1n) is 3.00. The number of ether oxygens (including phenoxy) is 1. The van der Waals surface area contributed by atoms with Crippen LogP contribution in [0.4, 0.5) is 4.79 Å². The van der Waals surface area contributed by atoms with Gasteiger partial charge in [-0.05, 0) is 6.08 Å². The summed E-state index contributed by atoms with van der Waals surface area (Å²) in [5, 5.41) is 2.55. The van der Waals surface area contributed by atoms with Gasteiger partial charge < -0.3 is 10.1 Å². The Hall–Kier alpha value is -1.25. The van der Waals surface area contributed by atoms with E-state index in [9.17, 15) is 4.79 Å². The van der Waals surface area contributed by atoms with Crippen LogP contribution in [-0.2, 0) is 4.74 Å². The molecule has 0 saturated carbocycles. The van der Waals surface area contributed by atoms with Gasteiger partial charge >= 0.3 is 6.09 Å². The van der Waals surface area contributed by atoms with Crippen molar-refractivity contribution < 1.29 is 9.53 Å². The van der Waals surface area contributed by atoms with Crippen LogP contribution in [0.15, 0.2) is 25.3 Å². The molecule has 10 heavy (non-hydrogen) atoms. The number of nitrogens with one attached hydrogen (secondary N) is 1. The summed E-state index contributed by atoms with van der Waals surface area (Å²) in [7, 11) is 0. The van der Waals surface area contributed by atoms with E-state index < -0.39 is 6.09 Å². The number of alkyl carbamates (subject to hydrolysis) is 1. The van der Waals surface area contributed by atoms with Gasteiger partial charge in [0, 0.05) is 0 Å². The Labute approximate surface area is 59.4 Å². The number of carbonyl (C=O) groups is 1. The lowest BCUT2D eigenvalue weighted by Crippen LogP contribution is -2.27. The molecule has 0 radical (unpaired) electrons. The fourth-order valence-electron chi connectivity index (χ4n) is 0.837. The Morgan fingerprint density at radius 3 is 2.60 bits per heavy atom. The minimum Gasteiger partial charge on any atom is -0.439 e. The second-order valence-corrected chi connectivity index (χ2v) is 2.01. The van der Waals surface area contributed by atoms with Gasteiger partial charge in [-0.25, -0.2) is 4.79 Å². The average molecular weight is 139 g/mol. The predicted molar refractivity (Wildman–Crippen MR) is 37.6 cm³/mol. The van der Waals surface area contributed by atoms with Gasteiger partial charge in [-0.1, -0.05) is 12.7 Å². The van der Waals surface area contributed by atoms with E-state index >= 15 is 0 Å². The van der Waals surface area contributed by atoms with E-state index in [4.69, 9.17) is 4.74 Å². The number of hydrogen-bond donors (Lipinski definition) is 1. The first kappa shape index (κ1) is 6.86. The Kier molecular flexibility index (Phi) is 1.76. The maximum atomic E-state index is 10.6. The van der Waals surface area contributed by atoms with Crippen molar-refractivity contribution in [3.63, 3.8) is 0 Å². The van der Waals surface area contributed by atoms with E-state index in [1.54, 1.807) is 12.2 Å². The van der Waals surface area contributed by atoms with Crippen LogP contribution in [0.2, 0.25) is 0 Å². The van der Waals surface area contributed by atoms with E-state index in [1.165, 1.54) is 0 Å². The van der Waals surface area contributed by atoms with E-state index in [0.717, 1.165) is 0 Å². The molecule has 1 aliphatic heterocycles. The van der Waals surface area contributed by atoms with Gasteiger partial charge in [0.05, 0.1) is 6.04 Å². The fraction of sp³-hybridized carbons (Fsp3) is 0.286. The molecule has 1 amide bonds. The lowest BCUT2D eigenvalue weighted by Gasteiger charge is -2.05. The standard InChI is InChI=1S/C7H9NO2/c1-3-5-6(4-2)10-7(9)8-5/h3-6H,1-2H2,(H,8,9)/t5-,6-/m0/s1. The molecule has 1 aliphatic rings. The molecule has 3 nitrogen and oxygen atoms in total. The maximum absolute atomic E-state index is 10.6. The van der Waals surface area contributed by atoms with E-state index in [1.807, 2.05) is 0 Å². The smallest absolute Gasteiger partial charge is 0.408 e. The van der Waals surface area contributed by atoms with Crippen LogP contribution in [0.25, 0.3) is 0 Å². The maximum Gasteiger partial charge on any atom is 0.408 e. The van der Waals surface area contributed by atoms with Gasteiger partial charge in [0.1, 0.15) is 6.10 Å². The largest absolute Gasteiger partial charge is 0.439 e. The monoisotopic (exact) mass is 139 g/mol. The highest BCUT2D eigenvalue weighted by Gasteiger charge is 2.28. The second kappa shape index (κ2) is 2.56. The van der Waals surface area contributed by atoms with Gasteiger partial charge in [0.25, 0.3) is 0 Å². The lowest BCUT2D eigenvalue weighted by molar-refractivity contribution is 0.156. The molecule has 0 aliphatic carbocycles. The molecule has 3 heteroatoms. The van der Waals surface area contributed by atoms with E-state index in [-0.39, 0.29) is 12.1 Å². The first-order chi connectivity index (χ1) is 4.77. The van der Waals surface area contributed by atoms with Crippen molar-refractivity contribution in [1.29, 1.82) is 0 Å². The zero-order valence-corrected chi connectivity index (χ0v) is 5.54. The van der Waals surface area contributed by atoms with Crippen LogP contribution in [0.5, 0.6) is 0 Å². The van der Waals surface area contributed by atoms with Gasteiger partial charge in [-0.3, -0.25) is 0 Å². The minimum atomic E-state index is -0.408. The summed E-state index contributed by atoms with van der Waals surface area (Å²) < 4.78 is 4.77. The second-order valence-electron chi connectivity index (χ2n) is 2.01. The topological polar surface area (TPSA) is 38.3 Å². The minimum absolute atomic E-state index is 0.120. The summed E-state index contributed by atoms with van der Waals surface area (Å²) in [6.07, 6.45) is 2.53. The van der Waals surface area contributed by atoms with Crippen LogP contribution in [-0.4, -0.2) is 18.2 Å². The molecular formula is C7H9NO2. The normalized spacial score (nSPS) is 30.6. The molecule has 1 heterocycles. The molecule has 0 unspecified atom stereocenters. The molecule has 0 aromatic carbocycles. The number of rotatable bonds is 2. The third-order valence-corrected chi connectivity index (χ3v) is 1.37. The molecule has 1 fully saturated rings. The Morgan fingerprint density at radius 2 is 2.20 bits per heavy atom. The summed E-state index contributed by atoms with van der Waals surface area (Å²) in [6, 6.07) is -0.120. The first-order valence-corrected chi connectivity index (χ1v) is 3.00. The molecule has 0 spiro atoms.